The van der Waals surface area contributed by atoms with Crippen LogP contribution >= 0.6 is 0 Å². The SMILES string of the molecule is [La].[La].[MgH2].[MgH2]. The molecule has 0 amide bonds. The molecule has 4 heteroatoms. The molecule has 0 aliphatic heterocycles. The van der Waals surface area contributed by atoms with Gasteiger partial charge in [-0.05, 0) is 0 Å². The third-order valence-corrected chi connectivity index (χ3v) is 0. The van der Waals surface area contributed by atoms with Crippen LogP contribution in [0.4, 0.5) is 0 Å². The van der Waals surface area contributed by atoms with Crippen LogP contribution in [0, 0.1) is 71.2 Å². The van der Waals surface area contributed by atoms with Crippen molar-refractivity contribution in [1.29, 1.82) is 0 Å². The molecule has 14 valence electrons. The molecule has 0 aromatic rings. The second-order valence-electron chi connectivity index (χ2n) is 0. The normalized spacial score (nSPS) is 0. The third-order valence-electron chi connectivity index (χ3n) is 0. The predicted octanol–water partition coefficient (Wildman–Crippen LogP) is -1.83. The van der Waals surface area contributed by atoms with Gasteiger partial charge in [-0.1, -0.05) is 0 Å². The van der Waals surface area contributed by atoms with Crippen LogP contribution in [0.5, 0.6) is 0 Å². The predicted molar refractivity (Wildman–Crippen MR) is 17.1 cm³/mol. The van der Waals surface area contributed by atoms with Crippen molar-refractivity contribution in [2.24, 2.45) is 0 Å². The van der Waals surface area contributed by atoms with Gasteiger partial charge in [-0.2, -0.15) is 0 Å². The summed E-state index contributed by atoms with van der Waals surface area (Å²) in [5, 5.41) is 0. The van der Waals surface area contributed by atoms with Crippen molar-refractivity contribution in [3.63, 3.8) is 0 Å². The van der Waals surface area contributed by atoms with Gasteiger partial charge in [0.05, 0.1) is 0 Å². The van der Waals surface area contributed by atoms with Crippen molar-refractivity contribution in [2.75, 3.05) is 0 Å². The molecule has 0 fully saturated rings. The minimum atomic E-state index is 0. The van der Waals surface area contributed by atoms with Gasteiger partial charge in [0.2, 0.25) is 0 Å². The van der Waals surface area contributed by atoms with E-state index in [-0.39, 0.29) is 117 Å². The van der Waals surface area contributed by atoms with Gasteiger partial charge in [0.1, 0.15) is 0 Å². The molecule has 0 aliphatic rings. The molecular formula is H4La2Mg2. The van der Waals surface area contributed by atoms with E-state index in [4.69, 9.17) is 0 Å². The van der Waals surface area contributed by atoms with E-state index in [2.05, 4.69) is 0 Å². The number of hydrogen-bond acceptors (Lipinski definition) is 0. The average Bonchev–Trinajstić information content (AvgIpc) is 0. The molecule has 0 nitrogen and oxygen atoms in total. The smallest absolute Gasteiger partial charge is 0 e. The second kappa shape index (κ2) is 15.8. The van der Waals surface area contributed by atoms with Crippen molar-refractivity contribution in [1.82, 2.24) is 0 Å². The van der Waals surface area contributed by atoms with Crippen molar-refractivity contribution < 1.29 is 71.2 Å². The summed E-state index contributed by atoms with van der Waals surface area (Å²) in [6.07, 6.45) is 0. The van der Waals surface area contributed by atoms with Gasteiger partial charge in [0, 0.05) is 71.2 Å². The van der Waals surface area contributed by atoms with E-state index in [1.165, 1.54) is 0 Å². The first-order valence-electron chi connectivity index (χ1n) is 0. The zero-order valence-corrected chi connectivity index (χ0v) is 8.41. The molecule has 0 atom stereocenters. The Balaban J connectivity index is 0. The van der Waals surface area contributed by atoms with Gasteiger partial charge in [-0.3, -0.25) is 0 Å². The van der Waals surface area contributed by atoms with Crippen LogP contribution in [0.25, 0.3) is 0 Å². The minimum absolute atomic E-state index is 0. The fourth-order valence-electron chi connectivity index (χ4n) is 0. The Hall–Kier alpha value is 3.92. The number of rotatable bonds is 0. The molecule has 0 saturated carbocycles. The van der Waals surface area contributed by atoms with Gasteiger partial charge < -0.3 is 0 Å². The zero-order valence-electron chi connectivity index (χ0n) is 1.15. The Bertz CT molecular complexity index is 4.00. The van der Waals surface area contributed by atoms with E-state index in [1.54, 1.807) is 0 Å². The Kier molecular flexibility index (Phi) is 97.4. The van der Waals surface area contributed by atoms with Crippen LogP contribution in [0.1, 0.15) is 0 Å². The number of hydrogen-bond donors (Lipinski definition) is 0. The maximum absolute atomic E-state index is 0. The summed E-state index contributed by atoms with van der Waals surface area (Å²) < 4.78 is 0. The summed E-state index contributed by atoms with van der Waals surface area (Å²) >= 11 is 0. The van der Waals surface area contributed by atoms with Crippen molar-refractivity contribution in [3.05, 3.63) is 0 Å². The summed E-state index contributed by atoms with van der Waals surface area (Å²) in [7, 11) is 0. The first kappa shape index (κ1) is 24.7. The molecule has 0 unspecified atom stereocenters. The van der Waals surface area contributed by atoms with Crippen LogP contribution in [-0.2, 0) is 0 Å². The molecular weight excluding hydrogens is 326 g/mol. The molecule has 0 bridgehead atoms. The summed E-state index contributed by atoms with van der Waals surface area (Å²) in [5.74, 6) is 0. The molecule has 0 aliphatic carbocycles. The van der Waals surface area contributed by atoms with Gasteiger partial charge in [-0.25, -0.2) is 0 Å². The minimum Gasteiger partial charge on any atom is 0 e. The van der Waals surface area contributed by atoms with Crippen LogP contribution in [0.15, 0.2) is 0 Å². The van der Waals surface area contributed by atoms with Gasteiger partial charge in [-0.15, -0.1) is 0 Å². The molecule has 0 N–H and O–H groups in total. The summed E-state index contributed by atoms with van der Waals surface area (Å²) in [6.45, 7) is 0. The Morgan fingerprint density at radius 2 is 0.500 bits per heavy atom. The topological polar surface area (TPSA) is 0 Å². The van der Waals surface area contributed by atoms with Gasteiger partial charge in [0.15, 0.2) is 0 Å². The molecule has 0 aromatic carbocycles. The van der Waals surface area contributed by atoms with Crippen molar-refractivity contribution >= 4 is 46.1 Å². The molecule has 2 radical (unpaired) electrons. The van der Waals surface area contributed by atoms with E-state index < -0.39 is 0 Å². The summed E-state index contributed by atoms with van der Waals surface area (Å²) in [4.78, 5) is 0. The molecule has 0 rings (SSSR count). The largest absolute Gasteiger partial charge is 0.316 e. The fourth-order valence-corrected chi connectivity index (χ4v) is 0. The molecule has 0 saturated heterocycles. The van der Waals surface area contributed by atoms with Crippen LogP contribution in [-0.4, -0.2) is 46.1 Å². The quantitative estimate of drug-likeness (QED) is 0.459. The maximum atomic E-state index is 0. The Labute approximate surface area is 114 Å². The zero-order chi connectivity index (χ0) is 0. The van der Waals surface area contributed by atoms with Crippen LogP contribution in [0.2, 0.25) is 0 Å². The molecule has 0 aromatic heterocycles. The van der Waals surface area contributed by atoms with E-state index >= 15 is 0 Å². The average molecular weight is 330 g/mol. The van der Waals surface area contributed by atoms with E-state index in [1.807, 2.05) is 0 Å². The Morgan fingerprint density at radius 3 is 0.500 bits per heavy atom. The fraction of sp³-hybridized carbons (Fsp3) is 0. The standard InChI is InChI=1S/2La.2Mg.4H. The molecule has 0 heterocycles. The molecule has 4 heavy (non-hydrogen) atoms. The first-order valence-corrected chi connectivity index (χ1v) is 0. The van der Waals surface area contributed by atoms with E-state index in [9.17, 15) is 0 Å². The van der Waals surface area contributed by atoms with Gasteiger partial charge >= 0.3 is 46.1 Å². The Morgan fingerprint density at radius 1 is 0.500 bits per heavy atom. The third kappa shape index (κ3) is 9.33. The second-order valence-corrected chi connectivity index (χ2v) is 0. The van der Waals surface area contributed by atoms with Crippen molar-refractivity contribution in [3.8, 4) is 0 Å². The summed E-state index contributed by atoms with van der Waals surface area (Å²) in [6, 6.07) is 0. The maximum Gasteiger partial charge on any atom is 0.316 e. The van der Waals surface area contributed by atoms with E-state index in [0.29, 0.717) is 0 Å². The van der Waals surface area contributed by atoms with Gasteiger partial charge in [0.25, 0.3) is 0 Å². The first-order chi connectivity index (χ1) is 0. The van der Waals surface area contributed by atoms with Crippen LogP contribution < -0.4 is 0 Å². The van der Waals surface area contributed by atoms with Crippen LogP contribution in [0.3, 0.4) is 0 Å². The summed E-state index contributed by atoms with van der Waals surface area (Å²) in [5.41, 5.74) is 0. The molecule has 0 spiro atoms. The van der Waals surface area contributed by atoms with E-state index in [0.717, 1.165) is 0 Å². The monoisotopic (exact) mass is 330 g/mol. The van der Waals surface area contributed by atoms with Crippen molar-refractivity contribution in [2.45, 2.75) is 0 Å².